The Morgan fingerprint density at radius 3 is 1.94 bits per heavy atom. The van der Waals surface area contributed by atoms with E-state index in [2.05, 4.69) is 119 Å². The molecular formula is C48H60Cl2Zr. The number of halogens is 2. The largest absolute Gasteiger partial charge is 1.00 e. The molecule has 0 nitrogen and oxygen atoms in total. The Kier molecular flexibility index (Phi) is 9.63. The molecule has 4 bridgehead atoms. The van der Waals surface area contributed by atoms with Gasteiger partial charge in [0, 0.05) is 0 Å². The molecule has 0 amide bonds. The zero-order valence-electron chi connectivity index (χ0n) is 33.2. The summed E-state index contributed by atoms with van der Waals surface area (Å²) in [6.07, 6.45) is 14.8. The maximum atomic E-state index is 2.91. The van der Waals surface area contributed by atoms with E-state index in [9.17, 15) is 0 Å². The summed E-state index contributed by atoms with van der Waals surface area (Å²) in [4.78, 5) is 0. The van der Waals surface area contributed by atoms with E-state index in [4.69, 9.17) is 0 Å². The van der Waals surface area contributed by atoms with Crippen molar-refractivity contribution in [2.24, 2.45) is 40.9 Å². The Labute approximate surface area is 329 Å². The Hall–Kier alpha value is -1.27. The number of benzene rings is 3. The number of hydrogen-bond donors (Lipinski definition) is 0. The molecule has 0 aromatic heterocycles. The zero-order chi connectivity index (χ0) is 34.5. The van der Waals surface area contributed by atoms with Gasteiger partial charge in [0.25, 0.3) is 0 Å². The number of fused-ring (bicyclic) bond motifs is 8. The van der Waals surface area contributed by atoms with E-state index in [1.165, 1.54) is 66.2 Å². The molecule has 0 radical (unpaired) electrons. The summed E-state index contributed by atoms with van der Waals surface area (Å²) in [5.74, 6) is 5.84. The smallest absolute Gasteiger partial charge is 1.00 e. The molecule has 0 N–H and O–H groups in total. The molecule has 51 heavy (non-hydrogen) atoms. The molecule has 4 saturated carbocycles. The molecule has 10 rings (SSSR count). The van der Waals surface area contributed by atoms with Gasteiger partial charge in [0.05, 0.1) is 0 Å². The fourth-order valence-corrected chi connectivity index (χ4v) is 24.5. The topological polar surface area (TPSA) is 0 Å². The second-order valence-corrected chi connectivity index (χ2v) is 27.2. The summed E-state index contributed by atoms with van der Waals surface area (Å²) in [5.41, 5.74) is 16.7. The van der Waals surface area contributed by atoms with Crippen molar-refractivity contribution < 1.29 is 46.1 Å². The number of hydrogen-bond acceptors (Lipinski definition) is 0. The third-order valence-electron chi connectivity index (χ3n) is 16.3. The molecule has 4 fully saturated rings. The van der Waals surface area contributed by atoms with Gasteiger partial charge in [0.15, 0.2) is 0 Å². The standard InChI is InChI=1S/C29H33.C16H21.C3H6.2ClH.Zr/c1-14-13-24-25(18(5)15(14)2)21(8)28-27-20(7)17(4)16(3)19(6)26(27)22-11-9-10-12-23(22)29(24)28;1-11-2-3-15(4-11)16-8-12-5-13(9-16)7-14(6-12)10-16;1-3-2;;;/h9-13,16-17,19,21H,1-8H3;3-4,11-14H,5-10H2,1H3;1-2H3;2*1H;/q;;;;;+2/p-2. The van der Waals surface area contributed by atoms with E-state index < -0.39 is 21.3 Å². The van der Waals surface area contributed by atoms with Gasteiger partial charge in [-0.05, 0) is 0 Å². The van der Waals surface area contributed by atoms with Crippen molar-refractivity contribution in [3.05, 3.63) is 90.3 Å². The van der Waals surface area contributed by atoms with Crippen LogP contribution in [0.15, 0.2) is 51.3 Å². The van der Waals surface area contributed by atoms with Gasteiger partial charge in [-0.25, -0.2) is 0 Å². The molecule has 270 valence electrons. The monoisotopic (exact) mass is 796 g/mol. The van der Waals surface area contributed by atoms with Crippen molar-refractivity contribution in [2.45, 2.75) is 130 Å². The van der Waals surface area contributed by atoms with Crippen LogP contribution in [0.3, 0.4) is 0 Å². The second-order valence-electron chi connectivity index (χ2n) is 19.0. The molecule has 6 unspecified atom stereocenters. The van der Waals surface area contributed by atoms with Gasteiger partial charge in [0.2, 0.25) is 0 Å². The first kappa shape index (κ1) is 38.0. The molecule has 3 heteroatoms. The van der Waals surface area contributed by atoms with Gasteiger partial charge in [-0.2, -0.15) is 0 Å². The molecular weight excluding hydrogens is 739 g/mol. The summed E-state index contributed by atoms with van der Waals surface area (Å²) in [5, 5.41) is 3.05. The molecule has 0 spiro atoms. The normalized spacial score (nSPS) is 35.2. The van der Waals surface area contributed by atoms with E-state index in [-0.39, 0.29) is 27.9 Å². The molecule has 7 aliphatic rings. The molecule has 3 aromatic rings. The van der Waals surface area contributed by atoms with Gasteiger partial charge in [-0.1, -0.05) is 0 Å². The summed E-state index contributed by atoms with van der Waals surface area (Å²) in [6, 6.07) is 12.2. The molecule has 6 atom stereocenters. The van der Waals surface area contributed by atoms with E-state index in [1.54, 1.807) is 36.4 Å². The average Bonchev–Trinajstić information content (AvgIpc) is 3.57. The second kappa shape index (κ2) is 12.9. The summed E-state index contributed by atoms with van der Waals surface area (Å²) in [6.45, 7) is 28.1. The quantitative estimate of drug-likeness (QED) is 0.268. The van der Waals surface area contributed by atoms with Crippen molar-refractivity contribution in [2.75, 3.05) is 0 Å². The Morgan fingerprint density at radius 1 is 0.765 bits per heavy atom. The van der Waals surface area contributed by atoms with Crippen molar-refractivity contribution in [1.29, 1.82) is 0 Å². The fourth-order valence-electron chi connectivity index (χ4n) is 14.0. The van der Waals surface area contributed by atoms with Crippen LogP contribution in [0.25, 0.3) is 21.9 Å². The van der Waals surface area contributed by atoms with Crippen molar-refractivity contribution in [1.82, 2.24) is 0 Å². The Bertz CT molecular complexity index is 2020. The minimum absolute atomic E-state index is 0. The number of aryl methyl sites for hydroxylation is 1. The predicted molar refractivity (Wildman–Crippen MR) is 207 cm³/mol. The van der Waals surface area contributed by atoms with Crippen molar-refractivity contribution >= 4 is 14.0 Å². The van der Waals surface area contributed by atoms with Crippen molar-refractivity contribution in [3.8, 4) is 11.1 Å². The molecule has 0 saturated heterocycles. The minimum Gasteiger partial charge on any atom is -1.00 e. The van der Waals surface area contributed by atoms with Crippen LogP contribution in [0.5, 0.6) is 0 Å². The Balaban J connectivity index is 0.00000203. The minimum atomic E-state index is -2.52. The van der Waals surface area contributed by atoms with Crippen LogP contribution in [0.1, 0.15) is 145 Å². The first-order valence-electron chi connectivity index (χ1n) is 20.1. The molecule has 0 heterocycles. The van der Waals surface area contributed by atoms with Crippen molar-refractivity contribution in [3.63, 3.8) is 0 Å². The van der Waals surface area contributed by atoms with Gasteiger partial charge < -0.3 is 24.8 Å². The molecule has 0 aliphatic heterocycles. The van der Waals surface area contributed by atoms with Crippen LogP contribution < -0.4 is 24.8 Å². The van der Waals surface area contributed by atoms with Gasteiger partial charge >= 0.3 is 307 Å². The zero-order valence-corrected chi connectivity index (χ0v) is 37.1. The third kappa shape index (κ3) is 5.08. The fraction of sp³-hybridized carbons (Fsp3) is 0.562. The predicted octanol–water partition coefficient (Wildman–Crippen LogP) is 7.02. The third-order valence-corrected chi connectivity index (χ3v) is 25.9. The average molecular weight is 799 g/mol. The van der Waals surface area contributed by atoms with Crippen LogP contribution in [0, 0.1) is 61.7 Å². The van der Waals surface area contributed by atoms with Crippen LogP contribution >= 0.6 is 0 Å². The van der Waals surface area contributed by atoms with E-state index in [0.717, 1.165) is 17.8 Å². The summed E-state index contributed by atoms with van der Waals surface area (Å²) < 4.78 is 3.91. The maximum Gasteiger partial charge on any atom is -1.00 e. The van der Waals surface area contributed by atoms with Crippen LogP contribution in [0.4, 0.5) is 0 Å². The molecule has 7 aliphatic carbocycles. The van der Waals surface area contributed by atoms with E-state index >= 15 is 0 Å². The number of rotatable bonds is 3. The summed E-state index contributed by atoms with van der Waals surface area (Å²) >= 11 is -2.52. The van der Waals surface area contributed by atoms with Gasteiger partial charge in [0.1, 0.15) is 0 Å². The Morgan fingerprint density at radius 2 is 1.35 bits per heavy atom. The SMILES string of the molecule is C[C](C)=[Zr+2]([C]1=CC(C23CC4CC(CC(C4)C2)C3)=CC1C)[C]1(C)c2c3c(c4ccccc4c2C(C)C(C)C1C)-c1cc(C)c(C)c(C)c1C3C.[Cl-].[Cl-]. The van der Waals surface area contributed by atoms with Gasteiger partial charge in [-0.3, -0.25) is 0 Å². The first-order valence-corrected chi connectivity index (χ1v) is 23.8. The molecule has 3 aromatic carbocycles. The van der Waals surface area contributed by atoms with Crippen LogP contribution in [-0.4, -0.2) is 3.21 Å². The van der Waals surface area contributed by atoms with Crippen LogP contribution in [0.2, 0.25) is 0 Å². The van der Waals surface area contributed by atoms with Gasteiger partial charge in [-0.15, -0.1) is 0 Å². The van der Waals surface area contributed by atoms with E-state index in [1.807, 2.05) is 8.84 Å². The summed E-state index contributed by atoms with van der Waals surface area (Å²) in [7, 11) is 0. The van der Waals surface area contributed by atoms with Crippen LogP contribution in [-0.2, 0) is 24.4 Å². The van der Waals surface area contributed by atoms with E-state index in [0.29, 0.717) is 35.0 Å². The number of allylic oxidation sites excluding steroid dienone is 4. The maximum absolute atomic E-state index is 2.91. The first-order chi connectivity index (χ1) is 23.3.